The van der Waals surface area contributed by atoms with E-state index in [1.165, 1.54) is 45.0 Å². The van der Waals surface area contributed by atoms with Gasteiger partial charge < -0.3 is 5.32 Å². The van der Waals surface area contributed by atoms with Crippen molar-refractivity contribution in [3.63, 3.8) is 0 Å². The summed E-state index contributed by atoms with van der Waals surface area (Å²) in [6.07, 6.45) is 2.37. The van der Waals surface area contributed by atoms with Crippen LogP contribution >= 0.6 is 0 Å². The van der Waals surface area contributed by atoms with Gasteiger partial charge in [0.1, 0.15) is 0 Å². The lowest BCUT2D eigenvalue weighted by Gasteiger charge is -2.33. The Bertz CT molecular complexity index is 1190. The van der Waals surface area contributed by atoms with Crippen molar-refractivity contribution in [2.45, 2.75) is 38.6 Å². The highest BCUT2D eigenvalue weighted by molar-refractivity contribution is 5.86. The van der Waals surface area contributed by atoms with E-state index in [1.807, 2.05) is 0 Å². The van der Waals surface area contributed by atoms with Crippen LogP contribution in [-0.2, 0) is 6.42 Å². The van der Waals surface area contributed by atoms with E-state index in [-0.39, 0.29) is 0 Å². The van der Waals surface area contributed by atoms with E-state index in [9.17, 15) is 0 Å². The average molecular weight is 406 g/mol. The third-order valence-corrected chi connectivity index (χ3v) is 7.07. The zero-order valence-corrected chi connectivity index (χ0v) is 18.5. The number of fused-ring (bicyclic) bond motifs is 2. The number of nitrogens with one attached hydrogen (secondary N) is 1. The van der Waals surface area contributed by atoms with Gasteiger partial charge in [-0.2, -0.15) is 0 Å². The smallest absolute Gasteiger partial charge is 0.0298 e. The van der Waals surface area contributed by atoms with Crippen molar-refractivity contribution in [3.8, 4) is 0 Å². The van der Waals surface area contributed by atoms with Gasteiger partial charge in [0.15, 0.2) is 0 Å². The molecule has 0 heterocycles. The van der Waals surface area contributed by atoms with Gasteiger partial charge in [-0.1, -0.05) is 91.0 Å². The molecule has 0 radical (unpaired) electrons. The Morgan fingerprint density at radius 1 is 0.806 bits per heavy atom. The van der Waals surface area contributed by atoms with E-state index >= 15 is 0 Å². The Kier molecular flexibility index (Phi) is 5.61. The lowest BCUT2D eigenvalue weighted by atomic mass is 9.73. The Morgan fingerprint density at radius 3 is 2.39 bits per heavy atom. The predicted molar refractivity (Wildman–Crippen MR) is 132 cm³/mol. The van der Waals surface area contributed by atoms with Crippen molar-refractivity contribution >= 4 is 10.8 Å². The minimum atomic E-state index is 0.334. The molecule has 0 fully saturated rings. The first-order valence-electron chi connectivity index (χ1n) is 11.5. The summed E-state index contributed by atoms with van der Waals surface area (Å²) in [6, 6.07) is 33.7. The third-order valence-electron chi connectivity index (χ3n) is 7.07. The maximum absolute atomic E-state index is 3.88. The molecule has 31 heavy (non-hydrogen) atoms. The van der Waals surface area contributed by atoms with Gasteiger partial charge in [0, 0.05) is 12.0 Å². The Labute approximate surface area is 186 Å². The van der Waals surface area contributed by atoms with Crippen LogP contribution in [0.1, 0.15) is 53.1 Å². The van der Waals surface area contributed by atoms with Gasteiger partial charge in [0.25, 0.3) is 0 Å². The van der Waals surface area contributed by atoms with Gasteiger partial charge >= 0.3 is 0 Å². The summed E-state index contributed by atoms with van der Waals surface area (Å²) in [4.78, 5) is 0. The van der Waals surface area contributed by atoms with E-state index < -0.39 is 0 Å². The number of aryl methyl sites for hydroxylation is 1. The van der Waals surface area contributed by atoms with Crippen molar-refractivity contribution in [1.29, 1.82) is 0 Å². The summed E-state index contributed by atoms with van der Waals surface area (Å²) in [5.74, 6) is 1.13. The van der Waals surface area contributed by atoms with Gasteiger partial charge in [0.2, 0.25) is 0 Å². The standard InChI is InChI=1S/C30H31N/c1-21-10-3-6-14-26(21)30-19-23(18-25-12-5-8-16-29(25)30)20-31-22(2)27-17-9-13-24-11-4-7-15-28(24)27/h3-17,22-23,30-31H,18-20H2,1-2H3/t22-,23?,30?/m1/s1. The van der Waals surface area contributed by atoms with Crippen LogP contribution in [0.15, 0.2) is 91.0 Å². The monoisotopic (exact) mass is 405 g/mol. The molecule has 1 N–H and O–H groups in total. The van der Waals surface area contributed by atoms with Crippen molar-refractivity contribution in [2.24, 2.45) is 5.92 Å². The Balaban J connectivity index is 1.37. The molecule has 0 saturated heterocycles. The first-order valence-corrected chi connectivity index (χ1v) is 11.5. The van der Waals surface area contributed by atoms with Gasteiger partial charge in [-0.15, -0.1) is 0 Å². The molecular formula is C30H31N. The molecule has 1 aliphatic carbocycles. The van der Waals surface area contributed by atoms with Crippen LogP contribution in [0, 0.1) is 12.8 Å². The third kappa shape index (κ3) is 4.03. The quantitative estimate of drug-likeness (QED) is 0.370. The predicted octanol–water partition coefficient (Wildman–Crippen LogP) is 7.19. The molecular weight excluding hydrogens is 374 g/mol. The maximum Gasteiger partial charge on any atom is 0.0298 e. The number of benzene rings is 4. The minimum absolute atomic E-state index is 0.334. The molecule has 0 saturated carbocycles. The summed E-state index contributed by atoms with van der Waals surface area (Å²) < 4.78 is 0. The molecule has 0 amide bonds. The van der Waals surface area contributed by atoms with Crippen LogP contribution < -0.4 is 5.32 Å². The van der Waals surface area contributed by atoms with Crippen LogP contribution in [0.5, 0.6) is 0 Å². The van der Waals surface area contributed by atoms with E-state index in [0.29, 0.717) is 17.9 Å². The van der Waals surface area contributed by atoms with Crippen LogP contribution in [0.2, 0.25) is 0 Å². The molecule has 156 valence electrons. The lowest BCUT2D eigenvalue weighted by molar-refractivity contribution is 0.383. The second-order valence-electron chi connectivity index (χ2n) is 9.11. The Morgan fingerprint density at radius 2 is 1.52 bits per heavy atom. The van der Waals surface area contributed by atoms with Crippen molar-refractivity contribution in [1.82, 2.24) is 5.32 Å². The first-order chi connectivity index (χ1) is 15.2. The fourth-order valence-electron chi connectivity index (χ4n) is 5.42. The second-order valence-corrected chi connectivity index (χ2v) is 9.11. The zero-order valence-electron chi connectivity index (χ0n) is 18.5. The molecule has 4 aromatic carbocycles. The highest BCUT2D eigenvalue weighted by atomic mass is 14.9. The molecule has 5 rings (SSSR count). The van der Waals surface area contributed by atoms with E-state index in [2.05, 4.69) is 110 Å². The van der Waals surface area contributed by atoms with E-state index in [0.717, 1.165) is 13.0 Å². The molecule has 1 nitrogen and oxygen atoms in total. The summed E-state index contributed by atoms with van der Waals surface area (Å²) in [5, 5.41) is 6.56. The maximum atomic E-state index is 3.88. The molecule has 2 unspecified atom stereocenters. The lowest BCUT2D eigenvalue weighted by Crippen LogP contribution is -2.31. The Hall–Kier alpha value is -2.90. The van der Waals surface area contributed by atoms with Crippen molar-refractivity contribution in [2.75, 3.05) is 6.54 Å². The van der Waals surface area contributed by atoms with Crippen molar-refractivity contribution in [3.05, 3.63) is 119 Å². The summed E-state index contributed by atoms with van der Waals surface area (Å²) >= 11 is 0. The zero-order chi connectivity index (χ0) is 21.2. The number of hydrogen-bond acceptors (Lipinski definition) is 1. The summed E-state index contributed by atoms with van der Waals surface area (Å²) in [6.45, 7) is 5.60. The van der Waals surface area contributed by atoms with Crippen LogP contribution in [0.25, 0.3) is 10.8 Å². The highest BCUT2D eigenvalue weighted by Gasteiger charge is 2.28. The minimum Gasteiger partial charge on any atom is -0.310 e. The van der Waals surface area contributed by atoms with Crippen LogP contribution in [0.4, 0.5) is 0 Å². The molecule has 4 aromatic rings. The van der Waals surface area contributed by atoms with E-state index in [1.54, 1.807) is 0 Å². The van der Waals surface area contributed by atoms with Crippen molar-refractivity contribution < 1.29 is 0 Å². The van der Waals surface area contributed by atoms with Crippen LogP contribution in [0.3, 0.4) is 0 Å². The highest BCUT2D eigenvalue weighted by Crippen LogP contribution is 2.40. The normalized spacial score (nSPS) is 19.2. The average Bonchev–Trinajstić information content (AvgIpc) is 2.82. The molecule has 0 bridgehead atoms. The fourth-order valence-corrected chi connectivity index (χ4v) is 5.42. The van der Waals surface area contributed by atoms with Gasteiger partial charge in [-0.05, 0) is 77.7 Å². The van der Waals surface area contributed by atoms with Crippen LogP contribution in [-0.4, -0.2) is 6.54 Å². The van der Waals surface area contributed by atoms with Gasteiger partial charge in [-0.25, -0.2) is 0 Å². The summed E-state index contributed by atoms with van der Waals surface area (Å²) in [5.41, 5.74) is 7.33. The van der Waals surface area contributed by atoms with E-state index in [4.69, 9.17) is 0 Å². The van der Waals surface area contributed by atoms with Gasteiger partial charge in [-0.3, -0.25) is 0 Å². The molecule has 1 aliphatic rings. The SMILES string of the molecule is Cc1ccccc1C1CC(CN[C@H](C)c2cccc3ccccc23)Cc2ccccc21. The molecule has 0 aliphatic heterocycles. The molecule has 3 atom stereocenters. The molecule has 0 spiro atoms. The summed E-state index contributed by atoms with van der Waals surface area (Å²) in [7, 11) is 0. The number of rotatable bonds is 5. The second kappa shape index (κ2) is 8.69. The number of hydrogen-bond donors (Lipinski definition) is 1. The van der Waals surface area contributed by atoms with Gasteiger partial charge in [0.05, 0.1) is 0 Å². The molecule has 0 aromatic heterocycles. The largest absolute Gasteiger partial charge is 0.310 e. The fraction of sp³-hybridized carbons (Fsp3) is 0.267. The molecule has 1 heteroatoms. The topological polar surface area (TPSA) is 12.0 Å². The first kappa shape index (κ1) is 20.0.